The molecule has 140 valence electrons. The summed E-state index contributed by atoms with van der Waals surface area (Å²) >= 11 is 0. The smallest absolute Gasteiger partial charge is 0.257 e. The predicted octanol–water partition coefficient (Wildman–Crippen LogP) is 3.43. The van der Waals surface area contributed by atoms with E-state index in [0.717, 1.165) is 23.5 Å². The number of aromatic nitrogens is 2. The lowest BCUT2D eigenvalue weighted by Gasteiger charge is -2.19. The summed E-state index contributed by atoms with van der Waals surface area (Å²) in [6.45, 7) is 6.92. The normalized spacial score (nSPS) is 13.5. The molecular formula is C20H21FN4O2. The van der Waals surface area contributed by atoms with Crippen LogP contribution in [0.4, 0.5) is 10.1 Å². The van der Waals surface area contributed by atoms with Crippen LogP contribution in [-0.2, 0) is 13.0 Å². The zero-order valence-electron chi connectivity index (χ0n) is 15.5. The van der Waals surface area contributed by atoms with Gasteiger partial charge < -0.3 is 15.2 Å². The Morgan fingerprint density at radius 2 is 2.11 bits per heavy atom. The standard InChI is InChI=1S/C20H21FN4O2/c1-11-8-16(13(3)25(11)18-9-12(2)27-24-18)20(26)23-17-5-4-14-10-22-7-6-15(14)19(17)21/h4-5,8-9,22H,6-7,10H2,1-3H3,(H,23,26). The Bertz CT molecular complexity index is 1040. The molecule has 1 aliphatic rings. The minimum absolute atomic E-state index is 0.211. The number of nitrogens with zero attached hydrogens (tertiary/aromatic N) is 2. The maximum atomic E-state index is 14.8. The molecule has 2 N–H and O–H groups in total. The minimum Gasteiger partial charge on any atom is -0.360 e. The van der Waals surface area contributed by atoms with Crippen LogP contribution in [0.15, 0.2) is 28.8 Å². The Labute approximate surface area is 156 Å². The molecule has 0 bridgehead atoms. The minimum atomic E-state index is -0.345. The number of nitrogens with one attached hydrogen (secondary N) is 2. The number of anilines is 1. The highest BCUT2D eigenvalue weighted by Gasteiger charge is 2.21. The van der Waals surface area contributed by atoms with Crippen molar-refractivity contribution < 1.29 is 13.7 Å². The molecule has 0 fully saturated rings. The van der Waals surface area contributed by atoms with Gasteiger partial charge in [-0.2, -0.15) is 0 Å². The maximum absolute atomic E-state index is 14.8. The second-order valence-corrected chi connectivity index (χ2v) is 6.86. The summed E-state index contributed by atoms with van der Waals surface area (Å²) in [7, 11) is 0. The van der Waals surface area contributed by atoms with Crippen molar-refractivity contribution in [3.05, 3.63) is 63.9 Å². The van der Waals surface area contributed by atoms with E-state index in [1.807, 2.05) is 31.4 Å². The van der Waals surface area contributed by atoms with E-state index in [2.05, 4.69) is 15.8 Å². The van der Waals surface area contributed by atoms with E-state index in [0.29, 0.717) is 35.7 Å². The summed E-state index contributed by atoms with van der Waals surface area (Å²) in [5.74, 6) is 0.619. The second-order valence-electron chi connectivity index (χ2n) is 6.86. The van der Waals surface area contributed by atoms with Gasteiger partial charge in [0.2, 0.25) is 0 Å². The average molecular weight is 368 g/mol. The maximum Gasteiger partial charge on any atom is 0.257 e. The second kappa shape index (κ2) is 6.66. The van der Waals surface area contributed by atoms with E-state index in [1.54, 1.807) is 18.2 Å². The molecule has 0 saturated carbocycles. The van der Waals surface area contributed by atoms with Crippen LogP contribution in [0, 0.1) is 26.6 Å². The molecule has 0 aliphatic carbocycles. The fourth-order valence-corrected chi connectivity index (χ4v) is 3.62. The highest BCUT2D eigenvalue weighted by Crippen LogP contribution is 2.26. The van der Waals surface area contributed by atoms with E-state index in [1.165, 1.54) is 0 Å². The van der Waals surface area contributed by atoms with Crippen molar-refractivity contribution in [3.8, 4) is 5.82 Å². The fourth-order valence-electron chi connectivity index (χ4n) is 3.62. The predicted molar refractivity (Wildman–Crippen MR) is 99.8 cm³/mol. The van der Waals surface area contributed by atoms with Crippen LogP contribution in [0.1, 0.15) is 38.6 Å². The molecule has 2 aromatic heterocycles. The van der Waals surface area contributed by atoms with Gasteiger partial charge >= 0.3 is 0 Å². The third-order valence-corrected chi connectivity index (χ3v) is 4.98. The van der Waals surface area contributed by atoms with Crippen molar-refractivity contribution in [1.82, 2.24) is 15.0 Å². The highest BCUT2D eigenvalue weighted by molar-refractivity contribution is 6.05. The lowest BCUT2D eigenvalue weighted by atomic mass is 9.99. The molecule has 0 unspecified atom stereocenters. The molecule has 3 heterocycles. The van der Waals surface area contributed by atoms with E-state index in [9.17, 15) is 9.18 Å². The molecule has 0 radical (unpaired) electrons. The first-order valence-corrected chi connectivity index (χ1v) is 8.90. The first-order chi connectivity index (χ1) is 13.0. The molecule has 0 atom stereocenters. The number of rotatable bonds is 3. The third-order valence-electron chi connectivity index (χ3n) is 4.98. The number of carbonyl (C=O) groups excluding carboxylic acids is 1. The van der Waals surface area contributed by atoms with Crippen LogP contribution in [0.3, 0.4) is 0 Å². The van der Waals surface area contributed by atoms with Crippen molar-refractivity contribution in [2.75, 3.05) is 11.9 Å². The summed E-state index contributed by atoms with van der Waals surface area (Å²) in [6, 6.07) is 7.06. The summed E-state index contributed by atoms with van der Waals surface area (Å²) in [4.78, 5) is 12.8. The van der Waals surface area contributed by atoms with Crippen LogP contribution >= 0.6 is 0 Å². The quantitative estimate of drug-likeness (QED) is 0.743. The van der Waals surface area contributed by atoms with Crippen LogP contribution in [-0.4, -0.2) is 22.2 Å². The van der Waals surface area contributed by atoms with Crippen LogP contribution in [0.25, 0.3) is 5.82 Å². The van der Waals surface area contributed by atoms with Crippen molar-refractivity contribution in [2.45, 2.75) is 33.7 Å². The number of hydrogen-bond donors (Lipinski definition) is 2. The lowest BCUT2D eigenvalue weighted by molar-refractivity contribution is 0.102. The number of amides is 1. The van der Waals surface area contributed by atoms with E-state index in [-0.39, 0.29) is 17.4 Å². The monoisotopic (exact) mass is 368 g/mol. The molecule has 27 heavy (non-hydrogen) atoms. The van der Waals surface area contributed by atoms with Gasteiger partial charge in [0.25, 0.3) is 5.91 Å². The van der Waals surface area contributed by atoms with Gasteiger partial charge in [-0.15, -0.1) is 0 Å². The Kier molecular flexibility index (Phi) is 4.31. The van der Waals surface area contributed by atoms with Crippen molar-refractivity contribution in [2.24, 2.45) is 0 Å². The summed E-state index contributed by atoms with van der Waals surface area (Å²) in [5, 5.41) is 9.96. The number of aryl methyl sites for hydroxylation is 2. The van der Waals surface area contributed by atoms with Gasteiger partial charge in [0.05, 0.1) is 11.3 Å². The number of halogens is 1. The largest absolute Gasteiger partial charge is 0.360 e. The number of carbonyl (C=O) groups is 1. The summed E-state index contributed by atoms with van der Waals surface area (Å²) in [5.41, 5.74) is 3.88. The van der Waals surface area contributed by atoms with Gasteiger partial charge in [-0.05, 0) is 57.0 Å². The number of fused-ring (bicyclic) bond motifs is 1. The fraction of sp³-hybridized carbons (Fsp3) is 0.300. The van der Waals surface area contributed by atoms with Crippen LogP contribution in [0.5, 0.6) is 0 Å². The molecule has 6 nitrogen and oxygen atoms in total. The lowest BCUT2D eigenvalue weighted by Crippen LogP contribution is -2.25. The van der Waals surface area contributed by atoms with Gasteiger partial charge in [-0.3, -0.25) is 9.36 Å². The molecule has 3 aromatic rings. The Morgan fingerprint density at radius 1 is 1.30 bits per heavy atom. The van der Waals surface area contributed by atoms with E-state index in [4.69, 9.17) is 4.52 Å². The Hall–Kier alpha value is -2.93. The molecule has 7 heteroatoms. The summed E-state index contributed by atoms with van der Waals surface area (Å²) in [6.07, 6.45) is 0.616. The third kappa shape index (κ3) is 3.04. The average Bonchev–Trinajstić information content (AvgIpc) is 3.20. The molecular weight excluding hydrogens is 347 g/mol. The van der Waals surface area contributed by atoms with Gasteiger partial charge in [0.15, 0.2) is 5.82 Å². The van der Waals surface area contributed by atoms with Gasteiger partial charge in [-0.25, -0.2) is 4.39 Å². The Morgan fingerprint density at radius 3 is 2.85 bits per heavy atom. The topological polar surface area (TPSA) is 72.1 Å². The highest BCUT2D eigenvalue weighted by atomic mass is 19.1. The zero-order valence-corrected chi connectivity index (χ0v) is 15.5. The van der Waals surface area contributed by atoms with Crippen molar-refractivity contribution in [3.63, 3.8) is 0 Å². The molecule has 4 rings (SSSR count). The van der Waals surface area contributed by atoms with E-state index < -0.39 is 0 Å². The van der Waals surface area contributed by atoms with Gasteiger partial charge in [-0.1, -0.05) is 11.2 Å². The van der Waals surface area contributed by atoms with Gasteiger partial charge in [0, 0.05) is 24.0 Å². The van der Waals surface area contributed by atoms with Gasteiger partial charge in [0.1, 0.15) is 11.6 Å². The SMILES string of the molecule is Cc1cc(-n2c(C)cc(C(=O)Nc3ccc4c(c3F)CCNC4)c2C)no1. The summed E-state index contributed by atoms with van der Waals surface area (Å²) < 4.78 is 21.8. The molecule has 1 aromatic carbocycles. The molecule has 1 amide bonds. The van der Waals surface area contributed by atoms with Crippen molar-refractivity contribution in [1.29, 1.82) is 0 Å². The first-order valence-electron chi connectivity index (χ1n) is 8.90. The molecule has 0 saturated heterocycles. The van der Waals surface area contributed by atoms with Crippen LogP contribution < -0.4 is 10.6 Å². The van der Waals surface area contributed by atoms with Crippen molar-refractivity contribution >= 4 is 11.6 Å². The zero-order chi connectivity index (χ0) is 19.1. The van der Waals surface area contributed by atoms with E-state index >= 15 is 0 Å². The number of benzene rings is 1. The first kappa shape index (κ1) is 17.5. The molecule has 1 aliphatic heterocycles. The number of hydrogen-bond acceptors (Lipinski definition) is 4. The molecule has 0 spiro atoms. The van der Waals surface area contributed by atoms with Crippen LogP contribution in [0.2, 0.25) is 0 Å². The Balaban J connectivity index is 1.65.